The van der Waals surface area contributed by atoms with Crippen LogP contribution in [0.1, 0.15) is 64.7 Å². The van der Waals surface area contributed by atoms with Gasteiger partial charge in [0.05, 0.1) is 5.92 Å². The van der Waals surface area contributed by atoms with Gasteiger partial charge in [0.15, 0.2) is 17.5 Å². The maximum Gasteiger partial charge on any atom is 0.400 e. The Hall–Kier alpha value is -1.33. The van der Waals surface area contributed by atoms with E-state index < -0.39 is 35.2 Å². The summed E-state index contributed by atoms with van der Waals surface area (Å²) < 4.78 is 72.9. The van der Waals surface area contributed by atoms with Gasteiger partial charge in [-0.05, 0) is 56.3 Å². The molecule has 152 valence electrons. The summed E-state index contributed by atoms with van der Waals surface area (Å²) in [5.41, 5.74) is 0. The molecule has 0 bridgehead atoms. The van der Waals surface area contributed by atoms with Gasteiger partial charge in [-0.25, -0.2) is 13.2 Å². The molecule has 0 aromatic heterocycles. The van der Waals surface area contributed by atoms with Crippen LogP contribution < -0.4 is 4.74 Å². The van der Waals surface area contributed by atoms with Crippen LogP contribution in [-0.4, -0.2) is 6.11 Å². The molecule has 6 heteroatoms. The molecule has 0 N–H and O–H groups in total. The third kappa shape index (κ3) is 4.75. The highest BCUT2D eigenvalue weighted by Gasteiger charge is 2.45. The van der Waals surface area contributed by atoms with Gasteiger partial charge in [-0.2, -0.15) is 8.78 Å². The van der Waals surface area contributed by atoms with Crippen LogP contribution >= 0.6 is 0 Å². The molecule has 2 fully saturated rings. The van der Waals surface area contributed by atoms with E-state index in [1.807, 2.05) is 0 Å². The van der Waals surface area contributed by atoms with Crippen LogP contribution in [-0.2, 0) is 0 Å². The van der Waals surface area contributed by atoms with Gasteiger partial charge < -0.3 is 4.74 Å². The van der Waals surface area contributed by atoms with E-state index in [4.69, 9.17) is 0 Å². The molecule has 0 aliphatic heterocycles. The lowest BCUT2D eigenvalue weighted by Gasteiger charge is -2.35. The Bertz CT molecular complexity index is 616. The fourth-order valence-electron chi connectivity index (χ4n) is 4.97. The first-order valence-corrected chi connectivity index (χ1v) is 10.0. The third-order valence-electron chi connectivity index (χ3n) is 6.40. The number of alkyl halides is 2. The molecular formula is C21H27F5O. The van der Waals surface area contributed by atoms with E-state index >= 15 is 0 Å². The predicted octanol–water partition coefficient (Wildman–Crippen LogP) is 7.10. The van der Waals surface area contributed by atoms with E-state index in [2.05, 4.69) is 11.7 Å². The van der Waals surface area contributed by atoms with Crippen LogP contribution in [0, 0.1) is 41.1 Å². The van der Waals surface area contributed by atoms with Crippen LogP contribution in [0.25, 0.3) is 0 Å². The summed E-state index contributed by atoms with van der Waals surface area (Å²) in [5, 5.41) is 0. The van der Waals surface area contributed by atoms with E-state index in [1.54, 1.807) is 0 Å². The standard InChI is InChI=1S/C21H27F5O/c1-2-3-13-4-5-15(10-13)14-6-8-16(9-7-14)21(25,26)27-17-11-18(22)20(24)19(23)12-17/h11-16H,2-10H2,1H3. The predicted molar refractivity (Wildman–Crippen MR) is 93.1 cm³/mol. The van der Waals surface area contributed by atoms with Crippen LogP contribution in [0.2, 0.25) is 0 Å². The number of hydrogen-bond acceptors (Lipinski definition) is 1. The van der Waals surface area contributed by atoms with Crippen LogP contribution in [0.5, 0.6) is 5.75 Å². The molecule has 2 aliphatic rings. The molecule has 3 rings (SSSR count). The first-order chi connectivity index (χ1) is 12.8. The van der Waals surface area contributed by atoms with Gasteiger partial charge in [0, 0.05) is 12.1 Å². The number of hydrogen-bond donors (Lipinski definition) is 0. The second kappa shape index (κ2) is 8.36. The summed E-state index contributed by atoms with van der Waals surface area (Å²) in [5.74, 6) is -4.53. The summed E-state index contributed by atoms with van der Waals surface area (Å²) >= 11 is 0. The molecule has 2 aliphatic carbocycles. The maximum atomic E-state index is 14.5. The Kier molecular flexibility index (Phi) is 6.32. The zero-order valence-corrected chi connectivity index (χ0v) is 15.6. The Morgan fingerprint density at radius 2 is 1.52 bits per heavy atom. The average Bonchev–Trinajstić information content (AvgIpc) is 3.08. The Morgan fingerprint density at radius 1 is 0.926 bits per heavy atom. The molecule has 0 spiro atoms. The Balaban J connectivity index is 1.55. The van der Waals surface area contributed by atoms with E-state index in [-0.39, 0.29) is 0 Å². The minimum Gasteiger partial charge on any atom is -0.432 e. The highest BCUT2D eigenvalue weighted by Crippen LogP contribution is 2.47. The lowest BCUT2D eigenvalue weighted by molar-refractivity contribution is -0.224. The molecular weight excluding hydrogens is 363 g/mol. The zero-order chi connectivity index (χ0) is 19.6. The molecule has 0 amide bonds. The molecule has 0 radical (unpaired) electrons. The van der Waals surface area contributed by atoms with E-state index in [1.165, 1.54) is 32.1 Å². The van der Waals surface area contributed by atoms with Gasteiger partial charge in [0.2, 0.25) is 0 Å². The summed E-state index contributed by atoms with van der Waals surface area (Å²) in [4.78, 5) is 0. The maximum absolute atomic E-state index is 14.5. The van der Waals surface area contributed by atoms with Gasteiger partial charge >= 0.3 is 6.11 Å². The first-order valence-electron chi connectivity index (χ1n) is 10.0. The van der Waals surface area contributed by atoms with Crippen molar-refractivity contribution in [1.29, 1.82) is 0 Å². The summed E-state index contributed by atoms with van der Waals surface area (Å²) in [6.07, 6.45) is 4.71. The Labute approximate surface area is 157 Å². The molecule has 1 aromatic rings. The largest absolute Gasteiger partial charge is 0.432 e. The Morgan fingerprint density at radius 3 is 2.11 bits per heavy atom. The van der Waals surface area contributed by atoms with Gasteiger partial charge in [-0.3, -0.25) is 0 Å². The van der Waals surface area contributed by atoms with Crippen LogP contribution in [0.4, 0.5) is 22.0 Å². The van der Waals surface area contributed by atoms with E-state index in [0.717, 1.165) is 18.8 Å². The lowest BCUT2D eigenvalue weighted by atomic mass is 9.74. The second-order valence-corrected chi connectivity index (χ2v) is 8.20. The van der Waals surface area contributed by atoms with Crippen molar-refractivity contribution in [2.75, 3.05) is 0 Å². The minimum absolute atomic E-state index is 0.332. The monoisotopic (exact) mass is 390 g/mol. The molecule has 1 nitrogen and oxygen atoms in total. The summed E-state index contributed by atoms with van der Waals surface area (Å²) in [7, 11) is 0. The quantitative estimate of drug-likeness (QED) is 0.372. The van der Waals surface area contributed by atoms with Crippen LogP contribution in [0.3, 0.4) is 0 Å². The van der Waals surface area contributed by atoms with Gasteiger partial charge in [-0.15, -0.1) is 0 Å². The van der Waals surface area contributed by atoms with Crippen molar-refractivity contribution in [3.8, 4) is 5.75 Å². The highest BCUT2D eigenvalue weighted by molar-refractivity contribution is 5.25. The average molecular weight is 390 g/mol. The number of benzene rings is 1. The molecule has 0 saturated heterocycles. The van der Waals surface area contributed by atoms with Crippen molar-refractivity contribution in [2.45, 2.75) is 70.8 Å². The molecule has 2 saturated carbocycles. The number of halogens is 5. The molecule has 2 atom stereocenters. The second-order valence-electron chi connectivity index (χ2n) is 8.20. The van der Waals surface area contributed by atoms with E-state index in [0.29, 0.717) is 36.8 Å². The SMILES string of the molecule is CCCC1CCC(C2CCC(C(F)(F)Oc3cc(F)c(F)c(F)c3)CC2)C1. The van der Waals surface area contributed by atoms with Crippen molar-refractivity contribution in [1.82, 2.24) is 0 Å². The fraction of sp³-hybridized carbons (Fsp3) is 0.714. The third-order valence-corrected chi connectivity index (χ3v) is 6.40. The number of ether oxygens (including phenoxy) is 1. The lowest BCUT2D eigenvalue weighted by Crippen LogP contribution is -2.38. The first kappa shape index (κ1) is 20.4. The number of rotatable bonds is 6. The molecule has 27 heavy (non-hydrogen) atoms. The normalized spacial score (nSPS) is 29.1. The van der Waals surface area contributed by atoms with Crippen molar-refractivity contribution in [3.05, 3.63) is 29.6 Å². The summed E-state index contributed by atoms with van der Waals surface area (Å²) in [6.45, 7) is 2.19. The smallest absolute Gasteiger partial charge is 0.400 e. The van der Waals surface area contributed by atoms with Crippen molar-refractivity contribution < 1.29 is 26.7 Å². The van der Waals surface area contributed by atoms with Gasteiger partial charge in [-0.1, -0.05) is 26.2 Å². The topological polar surface area (TPSA) is 9.23 Å². The molecule has 1 aromatic carbocycles. The van der Waals surface area contributed by atoms with Gasteiger partial charge in [0.25, 0.3) is 0 Å². The van der Waals surface area contributed by atoms with Crippen molar-refractivity contribution in [2.24, 2.45) is 23.7 Å². The van der Waals surface area contributed by atoms with Crippen molar-refractivity contribution in [3.63, 3.8) is 0 Å². The van der Waals surface area contributed by atoms with Gasteiger partial charge in [0.1, 0.15) is 5.75 Å². The molecule has 2 unspecified atom stereocenters. The minimum atomic E-state index is -3.53. The fourth-order valence-corrected chi connectivity index (χ4v) is 4.97. The molecule has 0 heterocycles. The van der Waals surface area contributed by atoms with Crippen LogP contribution in [0.15, 0.2) is 12.1 Å². The zero-order valence-electron chi connectivity index (χ0n) is 15.6. The highest BCUT2D eigenvalue weighted by atomic mass is 19.3. The van der Waals surface area contributed by atoms with E-state index in [9.17, 15) is 22.0 Å². The summed E-state index contributed by atoms with van der Waals surface area (Å²) in [6, 6.07) is 0.925. The van der Waals surface area contributed by atoms with Crippen molar-refractivity contribution >= 4 is 0 Å².